The number of halogens is 1. The van der Waals surface area contributed by atoms with Crippen LogP contribution >= 0.6 is 11.6 Å². The zero-order valence-electron chi connectivity index (χ0n) is 12.4. The van der Waals surface area contributed by atoms with Crippen LogP contribution in [0.3, 0.4) is 0 Å². The van der Waals surface area contributed by atoms with Crippen molar-refractivity contribution in [3.8, 4) is 0 Å². The number of nitrogens with one attached hydrogen (secondary N) is 1. The third-order valence-corrected chi connectivity index (χ3v) is 4.39. The lowest BCUT2D eigenvalue weighted by Gasteiger charge is -2.34. The highest BCUT2D eigenvalue weighted by Gasteiger charge is 2.27. The van der Waals surface area contributed by atoms with E-state index in [4.69, 9.17) is 11.6 Å². The summed E-state index contributed by atoms with van der Waals surface area (Å²) in [5.74, 6) is 0.406. The number of carbonyl (C=O) groups is 1. The van der Waals surface area contributed by atoms with Crippen LogP contribution in [-0.4, -0.2) is 42.6 Å². The Morgan fingerprint density at radius 1 is 1.38 bits per heavy atom. The molecule has 1 aromatic carbocycles. The number of aliphatic hydroxyl groups excluding tert-OH is 1. The van der Waals surface area contributed by atoms with Crippen molar-refractivity contribution in [3.63, 3.8) is 0 Å². The van der Waals surface area contributed by atoms with E-state index < -0.39 is 6.10 Å². The van der Waals surface area contributed by atoms with E-state index in [1.165, 1.54) is 0 Å². The van der Waals surface area contributed by atoms with Gasteiger partial charge in [0.25, 0.3) is 0 Å². The number of rotatable bonds is 5. The molecule has 0 spiro atoms. The summed E-state index contributed by atoms with van der Waals surface area (Å²) in [5.41, 5.74) is 0.902. The predicted octanol–water partition coefficient (Wildman–Crippen LogP) is 2.22. The highest BCUT2D eigenvalue weighted by molar-refractivity contribution is 6.30. The van der Waals surface area contributed by atoms with Gasteiger partial charge in [-0.25, -0.2) is 0 Å². The molecule has 1 heterocycles. The SMILES string of the molecule is CNCCC(=O)N1CCC(C(O)c2ccc(Cl)cc2)CC1. The Balaban J connectivity index is 1.85. The lowest BCUT2D eigenvalue weighted by molar-refractivity contribution is -0.133. The number of aliphatic hydroxyl groups is 1. The van der Waals surface area contributed by atoms with Crippen molar-refractivity contribution in [2.45, 2.75) is 25.4 Å². The molecule has 1 atom stereocenters. The van der Waals surface area contributed by atoms with Crippen molar-refractivity contribution in [2.75, 3.05) is 26.7 Å². The van der Waals surface area contributed by atoms with Gasteiger partial charge in [0.1, 0.15) is 0 Å². The lowest BCUT2D eigenvalue weighted by atomic mass is 9.87. The first kappa shape index (κ1) is 16.3. The quantitative estimate of drug-likeness (QED) is 0.877. The molecule has 1 fully saturated rings. The van der Waals surface area contributed by atoms with Crippen molar-refractivity contribution in [1.29, 1.82) is 0 Å². The maximum absolute atomic E-state index is 11.9. The molecular weight excluding hydrogens is 288 g/mol. The fourth-order valence-electron chi connectivity index (χ4n) is 2.79. The summed E-state index contributed by atoms with van der Waals surface area (Å²) in [6.45, 7) is 2.18. The standard InChI is InChI=1S/C16H23ClN2O2/c1-18-9-6-15(20)19-10-7-13(8-11-19)16(21)12-2-4-14(17)5-3-12/h2-5,13,16,18,21H,6-11H2,1H3. The molecule has 0 bridgehead atoms. The third-order valence-electron chi connectivity index (χ3n) is 4.14. The van der Waals surface area contributed by atoms with Gasteiger partial charge in [-0.1, -0.05) is 23.7 Å². The van der Waals surface area contributed by atoms with E-state index in [0.29, 0.717) is 18.0 Å². The number of hydrogen-bond acceptors (Lipinski definition) is 3. The van der Waals surface area contributed by atoms with Gasteiger partial charge in [-0.3, -0.25) is 4.79 Å². The molecule has 116 valence electrons. The summed E-state index contributed by atoms with van der Waals surface area (Å²) in [7, 11) is 1.85. The average molecular weight is 311 g/mol. The number of hydrogen-bond donors (Lipinski definition) is 2. The maximum Gasteiger partial charge on any atom is 0.223 e. The summed E-state index contributed by atoms with van der Waals surface area (Å²) in [4.78, 5) is 13.9. The lowest BCUT2D eigenvalue weighted by Crippen LogP contribution is -2.40. The first-order valence-corrected chi connectivity index (χ1v) is 7.85. The van der Waals surface area contributed by atoms with Crippen LogP contribution in [0.4, 0.5) is 0 Å². The molecule has 1 aliphatic heterocycles. The van der Waals surface area contributed by atoms with E-state index in [9.17, 15) is 9.90 Å². The summed E-state index contributed by atoms with van der Waals surface area (Å²) >= 11 is 5.87. The normalized spacial score (nSPS) is 17.8. The topological polar surface area (TPSA) is 52.6 Å². The minimum absolute atomic E-state index is 0.198. The molecule has 0 saturated carbocycles. The number of piperidine rings is 1. The molecule has 2 N–H and O–H groups in total. The molecule has 21 heavy (non-hydrogen) atoms. The fourth-order valence-corrected chi connectivity index (χ4v) is 2.91. The molecule has 0 aromatic heterocycles. The molecule has 4 nitrogen and oxygen atoms in total. The van der Waals surface area contributed by atoms with Crippen molar-refractivity contribution >= 4 is 17.5 Å². The Hall–Kier alpha value is -1.10. The zero-order chi connectivity index (χ0) is 15.2. The van der Waals surface area contributed by atoms with Gasteiger partial charge in [0.15, 0.2) is 0 Å². The Morgan fingerprint density at radius 2 is 2.00 bits per heavy atom. The zero-order valence-corrected chi connectivity index (χ0v) is 13.1. The Kier molecular flexibility index (Phi) is 6.03. The molecule has 5 heteroatoms. The van der Waals surface area contributed by atoms with Gasteiger partial charge in [0.05, 0.1) is 6.10 Å². The highest BCUT2D eigenvalue weighted by atomic mass is 35.5. The van der Waals surface area contributed by atoms with Gasteiger partial charge >= 0.3 is 0 Å². The van der Waals surface area contributed by atoms with Crippen molar-refractivity contribution in [2.24, 2.45) is 5.92 Å². The van der Waals surface area contributed by atoms with E-state index in [0.717, 1.165) is 31.5 Å². The summed E-state index contributed by atoms with van der Waals surface area (Å²) < 4.78 is 0. The number of benzene rings is 1. The highest BCUT2D eigenvalue weighted by Crippen LogP contribution is 2.31. The van der Waals surface area contributed by atoms with Gasteiger partial charge in [0, 0.05) is 31.1 Å². The maximum atomic E-state index is 11.9. The van der Waals surface area contributed by atoms with Crippen LogP contribution < -0.4 is 5.32 Å². The van der Waals surface area contributed by atoms with E-state index in [1.54, 1.807) is 12.1 Å². The largest absolute Gasteiger partial charge is 0.388 e. The second kappa shape index (κ2) is 7.78. The van der Waals surface area contributed by atoms with E-state index >= 15 is 0 Å². The van der Waals surface area contributed by atoms with Crippen LogP contribution in [0.2, 0.25) is 5.02 Å². The summed E-state index contributed by atoms with van der Waals surface area (Å²) in [6, 6.07) is 7.35. The van der Waals surface area contributed by atoms with Crippen LogP contribution in [-0.2, 0) is 4.79 Å². The van der Waals surface area contributed by atoms with Gasteiger partial charge in [-0.2, -0.15) is 0 Å². The Labute approximate surface area is 131 Å². The molecule has 2 rings (SSSR count). The van der Waals surface area contributed by atoms with Crippen molar-refractivity contribution < 1.29 is 9.90 Å². The van der Waals surface area contributed by atoms with E-state index in [1.807, 2.05) is 24.1 Å². The van der Waals surface area contributed by atoms with Crippen molar-refractivity contribution in [3.05, 3.63) is 34.9 Å². The predicted molar refractivity (Wildman–Crippen MR) is 84.3 cm³/mol. The molecule has 1 aromatic rings. The molecular formula is C16H23ClN2O2. The van der Waals surface area contributed by atoms with Crippen LogP contribution in [0, 0.1) is 5.92 Å². The number of nitrogens with zero attached hydrogens (tertiary/aromatic N) is 1. The van der Waals surface area contributed by atoms with Crippen molar-refractivity contribution in [1.82, 2.24) is 10.2 Å². The third kappa shape index (κ3) is 4.43. The molecule has 1 saturated heterocycles. The fraction of sp³-hybridized carbons (Fsp3) is 0.562. The minimum Gasteiger partial charge on any atom is -0.388 e. The second-order valence-corrected chi connectivity index (χ2v) is 6.00. The first-order chi connectivity index (χ1) is 10.1. The van der Waals surface area contributed by atoms with Crippen LogP contribution in [0.5, 0.6) is 0 Å². The molecule has 0 aliphatic carbocycles. The van der Waals surface area contributed by atoms with Gasteiger partial charge in [-0.15, -0.1) is 0 Å². The Bertz CT molecular complexity index is 456. The molecule has 1 aliphatic rings. The van der Waals surface area contributed by atoms with E-state index in [-0.39, 0.29) is 11.8 Å². The molecule has 0 radical (unpaired) electrons. The monoisotopic (exact) mass is 310 g/mol. The van der Waals surface area contributed by atoms with E-state index in [2.05, 4.69) is 5.32 Å². The van der Waals surface area contributed by atoms with Crippen LogP contribution in [0.1, 0.15) is 30.9 Å². The van der Waals surface area contributed by atoms with Gasteiger partial charge in [-0.05, 0) is 43.5 Å². The first-order valence-electron chi connectivity index (χ1n) is 7.47. The number of carbonyl (C=O) groups excluding carboxylic acids is 1. The molecule has 1 unspecified atom stereocenters. The van der Waals surface area contributed by atoms with Crippen LogP contribution in [0.15, 0.2) is 24.3 Å². The molecule has 1 amide bonds. The number of likely N-dealkylation sites (tertiary alicyclic amines) is 1. The van der Waals surface area contributed by atoms with Gasteiger partial charge in [0.2, 0.25) is 5.91 Å². The number of amides is 1. The summed E-state index contributed by atoms with van der Waals surface area (Å²) in [5, 5.41) is 14.1. The second-order valence-electron chi connectivity index (χ2n) is 5.57. The van der Waals surface area contributed by atoms with Crippen LogP contribution in [0.25, 0.3) is 0 Å². The van der Waals surface area contributed by atoms with Gasteiger partial charge < -0.3 is 15.3 Å². The Morgan fingerprint density at radius 3 is 2.57 bits per heavy atom. The minimum atomic E-state index is -0.475. The summed E-state index contributed by atoms with van der Waals surface area (Å²) in [6.07, 6.45) is 1.75. The average Bonchev–Trinajstić information content (AvgIpc) is 2.53. The smallest absolute Gasteiger partial charge is 0.223 e.